The summed E-state index contributed by atoms with van der Waals surface area (Å²) in [5.74, 6) is -0.791. The van der Waals surface area contributed by atoms with Crippen molar-refractivity contribution in [3.8, 4) is 11.3 Å². The molecule has 0 saturated heterocycles. The maximum Gasteiger partial charge on any atom is 0.309 e. The number of carbonyl (C=O) groups is 2. The van der Waals surface area contributed by atoms with Gasteiger partial charge in [0.25, 0.3) is 5.91 Å². The van der Waals surface area contributed by atoms with E-state index in [1.807, 2.05) is 55.5 Å². The van der Waals surface area contributed by atoms with Crippen LogP contribution >= 0.6 is 15.9 Å². The number of quaternary nitrogens is 1. The lowest BCUT2D eigenvalue weighted by molar-refractivity contribution is -0.870. The van der Waals surface area contributed by atoms with Crippen LogP contribution in [0.15, 0.2) is 53.0 Å². The highest BCUT2D eigenvalue weighted by atomic mass is 79.9. The fourth-order valence-corrected chi connectivity index (χ4v) is 6.16. The molecule has 0 atom stereocenters. The Morgan fingerprint density at radius 2 is 1.62 bits per heavy atom. The first kappa shape index (κ1) is 29.2. The summed E-state index contributed by atoms with van der Waals surface area (Å²) in [5.41, 5.74) is 3.13. The third-order valence-electron chi connectivity index (χ3n) is 8.31. The minimum absolute atomic E-state index is 0.102. The first-order valence-electron chi connectivity index (χ1n) is 13.5. The van der Waals surface area contributed by atoms with Gasteiger partial charge in [-0.05, 0) is 69.2 Å². The van der Waals surface area contributed by atoms with Crippen LogP contribution in [-0.2, 0) is 4.79 Å². The lowest BCUT2D eigenvalue weighted by atomic mass is 9.57. The van der Waals surface area contributed by atoms with E-state index in [4.69, 9.17) is 10.1 Å². The molecule has 39 heavy (non-hydrogen) atoms. The first-order chi connectivity index (χ1) is 18.4. The van der Waals surface area contributed by atoms with E-state index in [9.17, 15) is 14.7 Å². The summed E-state index contributed by atoms with van der Waals surface area (Å²) in [7, 11) is 6.16. The van der Waals surface area contributed by atoms with Crippen LogP contribution in [0.2, 0.25) is 0 Å². The predicted octanol–water partition coefficient (Wildman–Crippen LogP) is 5.57. The molecule has 1 aromatic heterocycles. The summed E-state index contributed by atoms with van der Waals surface area (Å²) in [4.78, 5) is 30.4. The first-order valence-corrected chi connectivity index (χ1v) is 14.3. The highest BCUT2D eigenvalue weighted by molar-refractivity contribution is 9.10. The van der Waals surface area contributed by atoms with Crippen LogP contribution in [0.1, 0.15) is 54.4 Å². The standard InChI is InChI=1S/C26H25BrN2O3.C5H14NO/c1-16-21(23(30)29-26-12-9-25(10-13-26,11-14-26)24(31)32)19-15-18(27)7-8-20(19)28-22(16)17-5-3-2-4-6-17;1-6(2,3)4-5-7/h2-8,15H,9-14H2,1H3,(H,29,30)(H,31,32);7H,4-5H2,1-3H3/q;+1. The van der Waals surface area contributed by atoms with Crippen molar-refractivity contribution in [1.29, 1.82) is 0 Å². The second kappa shape index (κ2) is 11.4. The molecule has 7 nitrogen and oxygen atoms in total. The number of aliphatic hydroxyl groups excluding tert-OH is 1. The molecule has 6 rings (SSSR count). The normalized spacial score (nSPS) is 22.2. The van der Waals surface area contributed by atoms with Crippen molar-refractivity contribution in [2.24, 2.45) is 5.41 Å². The number of amides is 1. The fourth-order valence-electron chi connectivity index (χ4n) is 5.80. The third kappa shape index (κ3) is 6.34. The number of rotatable bonds is 6. The number of likely N-dealkylation sites (N-methyl/N-ethyl adjacent to an activating group) is 1. The molecule has 1 amide bonds. The van der Waals surface area contributed by atoms with E-state index in [1.165, 1.54) is 0 Å². The molecule has 8 heteroatoms. The number of aromatic nitrogens is 1. The Morgan fingerprint density at radius 3 is 2.13 bits per heavy atom. The Kier molecular flexibility index (Phi) is 8.50. The van der Waals surface area contributed by atoms with E-state index in [0.29, 0.717) is 44.1 Å². The number of carbonyl (C=O) groups excluding carboxylic acids is 1. The minimum Gasteiger partial charge on any atom is -0.481 e. The van der Waals surface area contributed by atoms with Gasteiger partial charge in [0.1, 0.15) is 6.54 Å². The van der Waals surface area contributed by atoms with E-state index in [0.717, 1.165) is 43.2 Å². The van der Waals surface area contributed by atoms with Crippen molar-refractivity contribution < 1.29 is 24.3 Å². The molecule has 3 aliphatic carbocycles. The molecule has 0 radical (unpaired) electrons. The molecule has 0 aliphatic heterocycles. The fraction of sp³-hybridized carbons (Fsp3) is 0.452. The zero-order valence-corrected chi connectivity index (χ0v) is 24.8. The van der Waals surface area contributed by atoms with Gasteiger partial charge in [0, 0.05) is 21.0 Å². The Morgan fingerprint density at radius 1 is 1.00 bits per heavy atom. The monoisotopic (exact) mass is 596 g/mol. The number of aliphatic hydroxyl groups is 1. The van der Waals surface area contributed by atoms with Gasteiger partial charge < -0.3 is 20.0 Å². The minimum atomic E-state index is -0.689. The van der Waals surface area contributed by atoms with Gasteiger partial charge in [-0.3, -0.25) is 9.59 Å². The third-order valence-corrected chi connectivity index (χ3v) is 8.81. The second-order valence-electron chi connectivity index (χ2n) is 12.0. The van der Waals surface area contributed by atoms with Gasteiger partial charge in [-0.25, -0.2) is 4.98 Å². The van der Waals surface area contributed by atoms with Crippen LogP contribution in [0.4, 0.5) is 0 Å². The molecular formula is C31H39BrN3O4+. The summed E-state index contributed by atoms with van der Waals surface area (Å²) >= 11 is 3.54. The van der Waals surface area contributed by atoms with Crippen molar-refractivity contribution in [2.45, 2.75) is 51.0 Å². The Labute approximate surface area is 239 Å². The highest BCUT2D eigenvalue weighted by Crippen LogP contribution is 2.52. The van der Waals surface area contributed by atoms with Crippen molar-refractivity contribution in [2.75, 3.05) is 34.3 Å². The number of hydrogen-bond acceptors (Lipinski definition) is 4. The molecule has 2 aromatic carbocycles. The van der Waals surface area contributed by atoms with E-state index >= 15 is 0 Å². The Bertz CT molecular complexity index is 1340. The number of benzene rings is 2. The molecule has 3 fully saturated rings. The molecular weight excluding hydrogens is 558 g/mol. The number of pyridine rings is 1. The van der Waals surface area contributed by atoms with Crippen molar-refractivity contribution in [3.05, 3.63) is 64.1 Å². The smallest absolute Gasteiger partial charge is 0.309 e. The van der Waals surface area contributed by atoms with Crippen molar-refractivity contribution in [1.82, 2.24) is 10.3 Å². The van der Waals surface area contributed by atoms with Crippen molar-refractivity contribution >= 4 is 38.7 Å². The molecule has 3 N–H and O–H groups in total. The number of hydrogen-bond donors (Lipinski definition) is 3. The van der Waals surface area contributed by atoms with Gasteiger partial charge >= 0.3 is 5.97 Å². The summed E-state index contributed by atoms with van der Waals surface area (Å²) in [6, 6.07) is 15.7. The lowest BCUT2D eigenvalue weighted by Crippen LogP contribution is -2.58. The van der Waals surface area contributed by atoms with Crippen LogP contribution < -0.4 is 5.32 Å². The van der Waals surface area contributed by atoms with Crippen LogP contribution in [0, 0.1) is 12.3 Å². The molecule has 2 bridgehead atoms. The van der Waals surface area contributed by atoms with Gasteiger partial charge in [-0.2, -0.15) is 0 Å². The predicted molar refractivity (Wildman–Crippen MR) is 158 cm³/mol. The van der Waals surface area contributed by atoms with Gasteiger partial charge in [0.05, 0.1) is 49.9 Å². The average Bonchev–Trinajstić information content (AvgIpc) is 2.89. The Hall–Kier alpha value is -2.81. The molecule has 0 spiro atoms. The Balaban J connectivity index is 0.000000448. The van der Waals surface area contributed by atoms with Gasteiger partial charge in [0.2, 0.25) is 0 Å². The largest absolute Gasteiger partial charge is 0.481 e. The molecule has 3 saturated carbocycles. The number of carboxylic acids is 1. The van der Waals surface area contributed by atoms with Crippen molar-refractivity contribution in [3.63, 3.8) is 0 Å². The quantitative estimate of drug-likeness (QED) is 0.323. The highest BCUT2D eigenvalue weighted by Gasteiger charge is 2.53. The lowest BCUT2D eigenvalue weighted by Gasteiger charge is -2.51. The maximum atomic E-state index is 13.8. The molecule has 0 unspecified atom stereocenters. The van der Waals surface area contributed by atoms with Gasteiger partial charge in [0.15, 0.2) is 0 Å². The van der Waals surface area contributed by atoms with Crippen LogP contribution in [0.5, 0.6) is 0 Å². The number of nitrogens with one attached hydrogen (secondary N) is 1. The van der Waals surface area contributed by atoms with Gasteiger partial charge in [-0.1, -0.05) is 46.3 Å². The van der Waals surface area contributed by atoms with Crippen LogP contribution in [-0.4, -0.2) is 71.4 Å². The number of nitrogens with zero attached hydrogens (tertiary/aromatic N) is 2. The molecule has 3 aromatic rings. The number of fused-ring (bicyclic) bond motifs is 4. The number of carboxylic acid groups (broad SMARTS) is 1. The van der Waals surface area contributed by atoms with Crippen LogP contribution in [0.3, 0.4) is 0 Å². The summed E-state index contributed by atoms with van der Waals surface area (Å²) in [6.45, 7) is 3.07. The summed E-state index contributed by atoms with van der Waals surface area (Å²) in [5, 5.41) is 22.2. The summed E-state index contributed by atoms with van der Waals surface area (Å²) in [6.07, 6.45) is 4.01. The SMILES string of the molecule is C[N+](C)(C)CCO.Cc1c(-c2ccccc2)nc2ccc(Br)cc2c1C(=O)NC12CCC(C(=O)O)(CC1)CC2. The van der Waals surface area contributed by atoms with Crippen LogP contribution in [0.25, 0.3) is 22.2 Å². The van der Waals surface area contributed by atoms with Gasteiger partial charge in [-0.15, -0.1) is 0 Å². The summed E-state index contributed by atoms with van der Waals surface area (Å²) < 4.78 is 1.74. The maximum absolute atomic E-state index is 13.8. The molecule has 1 heterocycles. The zero-order valence-electron chi connectivity index (χ0n) is 23.3. The average molecular weight is 598 g/mol. The number of aliphatic carboxylic acids is 1. The molecule has 208 valence electrons. The number of halogens is 1. The van der Waals surface area contributed by atoms with E-state index in [-0.39, 0.29) is 18.1 Å². The zero-order chi connectivity index (χ0) is 28.4. The van der Waals surface area contributed by atoms with E-state index < -0.39 is 11.4 Å². The topological polar surface area (TPSA) is 99.5 Å². The second-order valence-corrected chi connectivity index (χ2v) is 13.0. The molecule has 3 aliphatic rings. The van der Waals surface area contributed by atoms with E-state index in [2.05, 4.69) is 42.4 Å². The van der Waals surface area contributed by atoms with E-state index in [1.54, 1.807) is 0 Å².